The lowest BCUT2D eigenvalue weighted by atomic mass is 9.95. The van der Waals surface area contributed by atoms with E-state index in [9.17, 15) is 0 Å². The van der Waals surface area contributed by atoms with Crippen LogP contribution in [0.5, 0.6) is 0 Å². The Morgan fingerprint density at radius 3 is 2.46 bits per heavy atom. The molecule has 1 saturated carbocycles. The zero-order valence-corrected chi connectivity index (χ0v) is 7.95. The number of benzene rings is 1. The monoisotopic (exact) mass is 175 g/mol. The Balaban J connectivity index is 1.95. The summed E-state index contributed by atoms with van der Waals surface area (Å²) in [5, 5.41) is 0. The van der Waals surface area contributed by atoms with Crippen LogP contribution in [-0.2, 0) is 6.42 Å². The summed E-state index contributed by atoms with van der Waals surface area (Å²) in [6.07, 6.45) is 3.96. The van der Waals surface area contributed by atoms with Gasteiger partial charge in [-0.05, 0) is 43.2 Å². The summed E-state index contributed by atoms with van der Waals surface area (Å²) < 4.78 is 0. The molecular formula is C12H17N. The second kappa shape index (κ2) is 3.93. The summed E-state index contributed by atoms with van der Waals surface area (Å²) in [5.41, 5.74) is 7.20. The average Bonchev–Trinajstić information content (AvgIpc) is 2.99. The van der Waals surface area contributed by atoms with E-state index >= 15 is 0 Å². The number of hydrogen-bond donors (Lipinski definition) is 1. The van der Waals surface area contributed by atoms with Crippen LogP contribution >= 0.6 is 0 Å². The SMILES string of the molecule is NC[C@H](Cc1ccccc1)C1CC1. The van der Waals surface area contributed by atoms with Crippen molar-refractivity contribution in [2.75, 3.05) is 6.54 Å². The molecule has 0 unspecified atom stereocenters. The molecule has 1 aliphatic rings. The Labute approximate surface area is 80.0 Å². The van der Waals surface area contributed by atoms with Crippen LogP contribution < -0.4 is 5.73 Å². The van der Waals surface area contributed by atoms with E-state index in [4.69, 9.17) is 5.73 Å². The zero-order valence-electron chi connectivity index (χ0n) is 7.95. The van der Waals surface area contributed by atoms with Crippen LogP contribution in [0.2, 0.25) is 0 Å². The molecule has 1 aromatic rings. The summed E-state index contributed by atoms with van der Waals surface area (Å²) in [4.78, 5) is 0. The van der Waals surface area contributed by atoms with Gasteiger partial charge in [-0.15, -0.1) is 0 Å². The molecular weight excluding hydrogens is 158 g/mol. The van der Waals surface area contributed by atoms with Crippen LogP contribution in [0, 0.1) is 11.8 Å². The molecule has 2 rings (SSSR count). The minimum absolute atomic E-state index is 0.724. The lowest BCUT2D eigenvalue weighted by Crippen LogP contribution is -2.18. The molecule has 1 fully saturated rings. The third kappa shape index (κ3) is 2.31. The van der Waals surface area contributed by atoms with Crippen molar-refractivity contribution < 1.29 is 0 Å². The molecule has 1 heteroatoms. The van der Waals surface area contributed by atoms with E-state index in [0.717, 1.165) is 18.4 Å². The average molecular weight is 175 g/mol. The van der Waals surface area contributed by atoms with Crippen LogP contribution in [0.3, 0.4) is 0 Å². The number of rotatable bonds is 4. The lowest BCUT2D eigenvalue weighted by molar-refractivity contribution is 0.471. The highest BCUT2D eigenvalue weighted by molar-refractivity contribution is 5.15. The first kappa shape index (κ1) is 8.76. The van der Waals surface area contributed by atoms with Gasteiger partial charge in [0.2, 0.25) is 0 Å². The van der Waals surface area contributed by atoms with Gasteiger partial charge >= 0.3 is 0 Å². The van der Waals surface area contributed by atoms with Gasteiger partial charge in [-0.3, -0.25) is 0 Å². The standard InChI is InChI=1S/C12H17N/c13-9-12(11-6-7-11)8-10-4-2-1-3-5-10/h1-5,11-12H,6-9,13H2/t12-/m0/s1. The highest BCUT2D eigenvalue weighted by Gasteiger charge is 2.29. The molecule has 0 radical (unpaired) electrons. The van der Waals surface area contributed by atoms with E-state index < -0.39 is 0 Å². The maximum Gasteiger partial charge on any atom is -0.00430 e. The van der Waals surface area contributed by atoms with Crippen LogP contribution in [0.1, 0.15) is 18.4 Å². The van der Waals surface area contributed by atoms with E-state index in [1.165, 1.54) is 24.8 Å². The van der Waals surface area contributed by atoms with Gasteiger partial charge in [0.25, 0.3) is 0 Å². The molecule has 2 N–H and O–H groups in total. The first-order valence-corrected chi connectivity index (χ1v) is 5.14. The highest BCUT2D eigenvalue weighted by Crippen LogP contribution is 2.37. The second-order valence-corrected chi connectivity index (χ2v) is 4.02. The van der Waals surface area contributed by atoms with Gasteiger partial charge in [-0.2, -0.15) is 0 Å². The molecule has 0 heterocycles. The van der Waals surface area contributed by atoms with E-state index in [1.54, 1.807) is 0 Å². The summed E-state index contributed by atoms with van der Waals surface area (Å²) in [6, 6.07) is 10.7. The Bertz CT molecular complexity index is 251. The van der Waals surface area contributed by atoms with Crippen LogP contribution in [0.15, 0.2) is 30.3 Å². The van der Waals surface area contributed by atoms with Crippen molar-refractivity contribution >= 4 is 0 Å². The molecule has 0 amide bonds. The number of hydrogen-bond acceptors (Lipinski definition) is 1. The van der Waals surface area contributed by atoms with Gasteiger partial charge in [-0.25, -0.2) is 0 Å². The molecule has 0 aromatic heterocycles. The molecule has 13 heavy (non-hydrogen) atoms. The van der Waals surface area contributed by atoms with Gasteiger partial charge in [0, 0.05) is 0 Å². The van der Waals surface area contributed by atoms with Crippen molar-refractivity contribution in [3.8, 4) is 0 Å². The lowest BCUT2D eigenvalue weighted by Gasteiger charge is -2.13. The molecule has 1 atom stereocenters. The van der Waals surface area contributed by atoms with E-state index in [0.29, 0.717) is 0 Å². The number of nitrogens with two attached hydrogens (primary N) is 1. The molecule has 1 aromatic carbocycles. The van der Waals surface area contributed by atoms with Crippen molar-refractivity contribution in [2.24, 2.45) is 17.6 Å². The highest BCUT2D eigenvalue weighted by atomic mass is 14.6. The topological polar surface area (TPSA) is 26.0 Å². The first-order chi connectivity index (χ1) is 6.40. The quantitative estimate of drug-likeness (QED) is 0.746. The Kier molecular flexibility index (Phi) is 2.65. The third-order valence-corrected chi connectivity index (χ3v) is 2.93. The van der Waals surface area contributed by atoms with E-state index in [-0.39, 0.29) is 0 Å². The third-order valence-electron chi connectivity index (χ3n) is 2.93. The van der Waals surface area contributed by atoms with Crippen molar-refractivity contribution in [2.45, 2.75) is 19.3 Å². The summed E-state index contributed by atoms with van der Waals surface area (Å²) in [5.74, 6) is 1.65. The largest absolute Gasteiger partial charge is 0.330 e. The summed E-state index contributed by atoms with van der Waals surface area (Å²) in [6.45, 7) is 0.847. The van der Waals surface area contributed by atoms with Crippen molar-refractivity contribution in [3.05, 3.63) is 35.9 Å². The van der Waals surface area contributed by atoms with Gasteiger partial charge in [0.1, 0.15) is 0 Å². The molecule has 1 aliphatic carbocycles. The smallest absolute Gasteiger partial charge is 0.00430 e. The van der Waals surface area contributed by atoms with Crippen molar-refractivity contribution in [3.63, 3.8) is 0 Å². The van der Waals surface area contributed by atoms with Gasteiger partial charge in [-0.1, -0.05) is 30.3 Å². The fraction of sp³-hybridized carbons (Fsp3) is 0.500. The van der Waals surface area contributed by atoms with Crippen LogP contribution in [0.25, 0.3) is 0 Å². The van der Waals surface area contributed by atoms with Crippen LogP contribution in [-0.4, -0.2) is 6.54 Å². The summed E-state index contributed by atoms with van der Waals surface area (Å²) in [7, 11) is 0. The predicted octanol–water partition coefficient (Wildman–Crippen LogP) is 2.21. The van der Waals surface area contributed by atoms with E-state index in [2.05, 4.69) is 30.3 Å². The summed E-state index contributed by atoms with van der Waals surface area (Å²) >= 11 is 0. The van der Waals surface area contributed by atoms with E-state index in [1.807, 2.05) is 0 Å². The molecule has 0 bridgehead atoms. The second-order valence-electron chi connectivity index (χ2n) is 4.02. The van der Waals surface area contributed by atoms with Gasteiger partial charge < -0.3 is 5.73 Å². The first-order valence-electron chi connectivity index (χ1n) is 5.14. The molecule has 0 spiro atoms. The van der Waals surface area contributed by atoms with Crippen molar-refractivity contribution in [1.82, 2.24) is 0 Å². The Hall–Kier alpha value is -0.820. The predicted molar refractivity (Wildman–Crippen MR) is 55.4 cm³/mol. The normalized spacial score (nSPS) is 18.5. The Morgan fingerprint density at radius 1 is 1.23 bits per heavy atom. The van der Waals surface area contributed by atoms with Crippen LogP contribution in [0.4, 0.5) is 0 Å². The maximum absolute atomic E-state index is 5.76. The fourth-order valence-electron chi connectivity index (χ4n) is 1.93. The Morgan fingerprint density at radius 2 is 1.92 bits per heavy atom. The maximum atomic E-state index is 5.76. The molecule has 1 nitrogen and oxygen atoms in total. The fourth-order valence-corrected chi connectivity index (χ4v) is 1.93. The molecule has 0 aliphatic heterocycles. The molecule has 70 valence electrons. The minimum atomic E-state index is 0.724. The molecule has 0 saturated heterocycles. The minimum Gasteiger partial charge on any atom is -0.330 e. The van der Waals surface area contributed by atoms with Gasteiger partial charge in [0.05, 0.1) is 0 Å². The van der Waals surface area contributed by atoms with Gasteiger partial charge in [0.15, 0.2) is 0 Å². The zero-order chi connectivity index (χ0) is 9.10. The van der Waals surface area contributed by atoms with Crippen molar-refractivity contribution in [1.29, 1.82) is 0 Å².